The molecule has 4 N–H and O–H groups in total. The van der Waals surface area contributed by atoms with Crippen molar-refractivity contribution in [3.63, 3.8) is 0 Å². The number of carbonyl (C=O) groups is 3. The molecule has 3 atom stereocenters. The fraction of sp³-hybridized carbons (Fsp3) is 0.172. The van der Waals surface area contributed by atoms with E-state index in [1.165, 1.54) is 30.3 Å². The molecule has 2 aliphatic rings. The summed E-state index contributed by atoms with van der Waals surface area (Å²) in [6.45, 7) is -0.511. The first-order valence-electron chi connectivity index (χ1n) is 13.3. The van der Waals surface area contributed by atoms with E-state index in [4.69, 9.17) is 9.88 Å². The van der Waals surface area contributed by atoms with Crippen molar-refractivity contribution in [1.29, 1.82) is 0 Å². The SMILES string of the molecule is NS(=O)(=O)c1ccc(NC(=O)COc2ccccc2[C@@H]2c3sc(=O)[nH]c3S[C@H]3C(=O)N(c4cccc(C(F)(F)F)c4)C(=O)[C@@H]23)cc1. The number of thiazole rings is 1. The van der Waals surface area contributed by atoms with E-state index in [0.717, 1.165) is 46.2 Å². The summed E-state index contributed by atoms with van der Waals surface area (Å²) < 4.78 is 69.2. The summed E-state index contributed by atoms with van der Waals surface area (Å²) in [5.74, 6) is -3.93. The number of ether oxygens (including phenoxy) is 1. The summed E-state index contributed by atoms with van der Waals surface area (Å²) >= 11 is 1.80. The fourth-order valence-corrected chi connectivity index (χ4v) is 8.39. The zero-order valence-corrected chi connectivity index (χ0v) is 25.6. The van der Waals surface area contributed by atoms with Gasteiger partial charge < -0.3 is 15.0 Å². The molecule has 0 aliphatic carbocycles. The molecule has 238 valence electrons. The Morgan fingerprint density at radius 2 is 1.72 bits per heavy atom. The number of H-pyrrole nitrogens is 1. The van der Waals surface area contributed by atoms with Crippen LogP contribution in [0.4, 0.5) is 24.5 Å². The molecule has 1 fully saturated rings. The van der Waals surface area contributed by atoms with Crippen LogP contribution in [-0.2, 0) is 30.6 Å². The molecule has 17 heteroatoms. The Kier molecular flexibility index (Phi) is 8.04. The van der Waals surface area contributed by atoms with Gasteiger partial charge in [-0.05, 0) is 48.5 Å². The van der Waals surface area contributed by atoms with Crippen molar-refractivity contribution in [1.82, 2.24) is 4.98 Å². The molecule has 1 saturated heterocycles. The van der Waals surface area contributed by atoms with Crippen molar-refractivity contribution in [2.45, 2.75) is 27.3 Å². The van der Waals surface area contributed by atoms with Crippen LogP contribution in [0.5, 0.6) is 5.75 Å². The molecule has 0 bridgehead atoms. The molecule has 1 aromatic heterocycles. The molecule has 2 aliphatic heterocycles. The molecule has 0 saturated carbocycles. The number of rotatable bonds is 7. The zero-order chi connectivity index (χ0) is 33.0. The molecule has 0 spiro atoms. The largest absolute Gasteiger partial charge is 0.483 e. The predicted octanol–water partition coefficient (Wildman–Crippen LogP) is 3.92. The van der Waals surface area contributed by atoms with Gasteiger partial charge in [0.25, 0.3) is 5.91 Å². The van der Waals surface area contributed by atoms with Crippen molar-refractivity contribution >= 4 is 62.2 Å². The fourth-order valence-electron chi connectivity index (χ4n) is 5.37. The number of hydrogen-bond donors (Lipinski definition) is 3. The van der Waals surface area contributed by atoms with Gasteiger partial charge in [-0.1, -0.05) is 47.4 Å². The number of aromatic amines is 1. The minimum absolute atomic E-state index is 0.141. The lowest BCUT2D eigenvalue weighted by Crippen LogP contribution is -2.32. The van der Waals surface area contributed by atoms with E-state index in [-0.39, 0.29) is 22.0 Å². The Morgan fingerprint density at radius 3 is 2.41 bits per heavy atom. The molecular weight excluding hydrogens is 670 g/mol. The van der Waals surface area contributed by atoms with Gasteiger partial charge in [0.1, 0.15) is 11.0 Å². The maximum absolute atomic E-state index is 14.0. The van der Waals surface area contributed by atoms with Gasteiger partial charge in [-0.2, -0.15) is 13.2 Å². The predicted molar refractivity (Wildman–Crippen MR) is 162 cm³/mol. The van der Waals surface area contributed by atoms with Gasteiger partial charge in [0.15, 0.2) is 6.61 Å². The van der Waals surface area contributed by atoms with Crippen LogP contribution in [0.1, 0.15) is 21.9 Å². The van der Waals surface area contributed by atoms with Gasteiger partial charge >= 0.3 is 11.0 Å². The van der Waals surface area contributed by atoms with Gasteiger partial charge in [0.2, 0.25) is 21.8 Å². The molecule has 3 amide bonds. The molecule has 3 heterocycles. The Balaban J connectivity index is 1.30. The number of aromatic nitrogens is 1. The average molecular weight is 691 g/mol. The van der Waals surface area contributed by atoms with Crippen LogP contribution in [0, 0.1) is 5.92 Å². The number of amides is 3. The van der Waals surface area contributed by atoms with Crippen molar-refractivity contribution in [3.05, 3.63) is 98.5 Å². The number of thioether (sulfide) groups is 1. The minimum Gasteiger partial charge on any atom is -0.483 e. The van der Waals surface area contributed by atoms with E-state index in [1.54, 1.807) is 24.3 Å². The Morgan fingerprint density at radius 1 is 1.00 bits per heavy atom. The van der Waals surface area contributed by atoms with Crippen LogP contribution < -0.4 is 25.0 Å². The average Bonchev–Trinajstić information content (AvgIpc) is 3.49. The lowest BCUT2D eigenvalue weighted by atomic mass is 9.82. The van der Waals surface area contributed by atoms with Crippen molar-refractivity contribution in [2.24, 2.45) is 11.1 Å². The van der Waals surface area contributed by atoms with E-state index in [0.29, 0.717) is 15.5 Å². The monoisotopic (exact) mass is 690 g/mol. The summed E-state index contributed by atoms with van der Waals surface area (Å²) in [7, 11) is -3.92. The number of carbonyl (C=O) groups excluding carboxylic acids is 3. The summed E-state index contributed by atoms with van der Waals surface area (Å²) in [4.78, 5) is 56.0. The number of nitrogens with zero attached hydrogens (tertiary/aromatic N) is 1. The van der Waals surface area contributed by atoms with Gasteiger partial charge in [0.05, 0.1) is 27.1 Å². The topological polar surface area (TPSA) is 169 Å². The number of halogens is 3. The van der Waals surface area contributed by atoms with Gasteiger partial charge in [0, 0.05) is 22.0 Å². The maximum atomic E-state index is 14.0. The summed E-state index contributed by atoms with van der Waals surface area (Å²) in [5, 5.41) is 6.94. The molecule has 6 rings (SSSR count). The Hall–Kier alpha value is -4.45. The molecule has 4 aromatic rings. The van der Waals surface area contributed by atoms with E-state index < -0.39 is 68.1 Å². The highest BCUT2D eigenvalue weighted by Gasteiger charge is 2.57. The quantitative estimate of drug-likeness (QED) is 0.245. The molecule has 46 heavy (non-hydrogen) atoms. The second-order valence-electron chi connectivity index (χ2n) is 10.3. The van der Waals surface area contributed by atoms with Crippen LogP contribution in [-0.4, -0.2) is 43.0 Å². The molecular formula is C29H21F3N4O7S3. The molecule has 0 radical (unpaired) electrons. The zero-order valence-electron chi connectivity index (χ0n) is 23.1. The van der Waals surface area contributed by atoms with E-state index in [9.17, 15) is 40.8 Å². The highest BCUT2D eigenvalue weighted by atomic mass is 32.2. The van der Waals surface area contributed by atoms with Crippen LogP contribution in [0.15, 0.2) is 87.5 Å². The number of sulfonamides is 1. The summed E-state index contributed by atoms with van der Waals surface area (Å²) in [6.07, 6.45) is -4.70. The summed E-state index contributed by atoms with van der Waals surface area (Å²) in [6, 6.07) is 15.5. The maximum Gasteiger partial charge on any atom is 0.416 e. The van der Waals surface area contributed by atoms with Crippen molar-refractivity contribution in [3.8, 4) is 5.75 Å². The third-order valence-corrected chi connectivity index (χ3v) is 10.7. The number of nitrogens with one attached hydrogen (secondary N) is 2. The van der Waals surface area contributed by atoms with Crippen molar-refractivity contribution < 1.29 is 40.7 Å². The van der Waals surface area contributed by atoms with Crippen molar-refractivity contribution in [2.75, 3.05) is 16.8 Å². The molecule has 0 unspecified atom stereocenters. The van der Waals surface area contributed by atoms with Crippen LogP contribution in [0.2, 0.25) is 0 Å². The van der Waals surface area contributed by atoms with Crippen LogP contribution in [0.3, 0.4) is 0 Å². The van der Waals surface area contributed by atoms with E-state index in [1.807, 2.05) is 0 Å². The third kappa shape index (κ3) is 5.93. The smallest absolute Gasteiger partial charge is 0.416 e. The number of para-hydroxylation sites is 1. The number of hydrogen-bond acceptors (Lipinski definition) is 9. The third-order valence-electron chi connectivity index (χ3n) is 7.34. The lowest BCUT2D eigenvalue weighted by molar-refractivity contribution is -0.137. The molecule has 11 nitrogen and oxygen atoms in total. The first kappa shape index (κ1) is 31.5. The minimum atomic E-state index is -4.70. The highest BCUT2D eigenvalue weighted by molar-refractivity contribution is 8.00. The Labute approximate surface area is 266 Å². The van der Waals surface area contributed by atoms with E-state index >= 15 is 0 Å². The van der Waals surface area contributed by atoms with E-state index in [2.05, 4.69) is 10.3 Å². The number of primary sulfonamides is 1. The van der Waals surface area contributed by atoms with Gasteiger partial charge in [-0.15, -0.1) is 0 Å². The number of fused-ring (bicyclic) bond motifs is 2. The second-order valence-corrected chi connectivity index (χ2v) is 14.0. The normalized spacial score (nSPS) is 19.5. The van der Waals surface area contributed by atoms with Gasteiger partial charge in [-0.25, -0.2) is 18.5 Å². The lowest BCUT2D eigenvalue weighted by Gasteiger charge is -2.30. The van der Waals surface area contributed by atoms with Gasteiger partial charge in [-0.3, -0.25) is 19.2 Å². The van der Waals surface area contributed by atoms with Crippen LogP contribution >= 0.6 is 23.1 Å². The second kappa shape index (κ2) is 11.7. The number of anilines is 2. The standard InChI is InChI=1S/C29H21F3N4O7S3/c30-29(31,32)14-4-3-5-16(12-14)36-26(38)22-21(23-25(35-28(40)45-23)44-24(22)27(36)39)18-6-1-2-7-19(18)43-13-20(37)34-15-8-10-17(11-9-15)46(33,41)42/h1-12,21-22,24H,13H2,(H,34,37)(H,35,40)(H2,33,41,42)/t21-,22-,24+/m0/s1. The Bertz CT molecular complexity index is 2050. The number of nitrogens with two attached hydrogens (primary N) is 1. The number of alkyl halides is 3. The van der Waals surface area contributed by atoms with Crippen LogP contribution in [0.25, 0.3) is 0 Å². The molecule has 3 aromatic carbocycles. The number of imide groups is 1. The first-order valence-corrected chi connectivity index (χ1v) is 16.6. The number of benzene rings is 3. The highest BCUT2D eigenvalue weighted by Crippen LogP contribution is 2.54. The first-order chi connectivity index (χ1) is 21.7. The summed E-state index contributed by atoms with van der Waals surface area (Å²) in [5.41, 5.74) is -0.598.